The molecule has 1 amide bonds. The van der Waals surface area contributed by atoms with E-state index < -0.39 is 0 Å². The summed E-state index contributed by atoms with van der Waals surface area (Å²) < 4.78 is 2.14. The van der Waals surface area contributed by atoms with E-state index in [1.807, 2.05) is 12.1 Å². The normalized spacial score (nSPS) is 11.1. The molecule has 5 heteroatoms. The van der Waals surface area contributed by atoms with E-state index in [0.717, 1.165) is 36.2 Å². The van der Waals surface area contributed by atoms with Crippen LogP contribution in [0.1, 0.15) is 30.7 Å². The average molecular weight is 280 g/mol. The van der Waals surface area contributed by atoms with Gasteiger partial charge >= 0.3 is 0 Å². The first kappa shape index (κ1) is 13.9. The van der Waals surface area contributed by atoms with Gasteiger partial charge in [-0.05, 0) is 37.5 Å². The van der Waals surface area contributed by atoms with Crippen LogP contribution in [-0.2, 0) is 17.2 Å². The topological polar surface area (TPSA) is 60.9 Å². The SMILES string of the molecule is Cc1ccc2nc(CCl)n(CCCCC(N)=O)c2c1. The summed E-state index contributed by atoms with van der Waals surface area (Å²) in [5.74, 6) is 1.02. The molecule has 0 unspecified atom stereocenters. The van der Waals surface area contributed by atoms with Gasteiger partial charge < -0.3 is 10.3 Å². The first-order chi connectivity index (χ1) is 9.11. The number of hydrogen-bond acceptors (Lipinski definition) is 2. The van der Waals surface area contributed by atoms with Crippen molar-refractivity contribution in [2.24, 2.45) is 5.73 Å². The van der Waals surface area contributed by atoms with Crippen molar-refractivity contribution < 1.29 is 4.79 Å². The number of rotatable bonds is 6. The third kappa shape index (κ3) is 3.26. The van der Waals surface area contributed by atoms with Gasteiger partial charge in [-0.2, -0.15) is 0 Å². The van der Waals surface area contributed by atoms with Crippen LogP contribution >= 0.6 is 11.6 Å². The van der Waals surface area contributed by atoms with Crippen LogP contribution in [0.3, 0.4) is 0 Å². The Hall–Kier alpha value is -1.55. The molecule has 1 aromatic heterocycles. The van der Waals surface area contributed by atoms with Crippen molar-refractivity contribution in [1.82, 2.24) is 9.55 Å². The molecule has 0 aliphatic rings. The van der Waals surface area contributed by atoms with Gasteiger partial charge in [-0.1, -0.05) is 6.07 Å². The zero-order valence-electron chi connectivity index (χ0n) is 11.0. The van der Waals surface area contributed by atoms with Crippen molar-refractivity contribution in [3.63, 3.8) is 0 Å². The minimum Gasteiger partial charge on any atom is -0.370 e. The van der Waals surface area contributed by atoms with E-state index in [0.29, 0.717) is 12.3 Å². The largest absolute Gasteiger partial charge is 0.370 e. The van der Waals surface area contributed by atoms with Gasteiger partial charge in [0.1, 0.15) is 5.82 Å². The van der Waals surface area contributed by atoms with Gasteiger partial charge in [-0.25, -0.2) is 4.98 Å². The Morgan fingerprint density at radius 1 is 1.42 bits per heavy atom. The zero-order valence-corrected chi connectivity index (χ0v) is 11.8. The maximum absolute atomic E-state index is 10.7. The highest BCUT2D eigenvalue weighted by Gasteiger charge is 2.09. The van der Waals surface area contributed by atoms with Crippen molar-refractivity contribution in [2.45, 2.75) is 38.6 Å². The molecule has 19 heavy (non-hydrogen) atoms. The number of amides is 1. The molecule has 1 aromatic carbocycles. The number of carbonyl (C=O) groups excluding carboxylic acids is 1. The number of nitrogens with two attached hydrogens (primary N) is 1. The van der Waals surface area contributed by atoms with Crippen molar-refractivity contribution >= 4 is 28.5 Å². The molecule has 102 valence electrons. The predicted octanol–water partition coefficient (Wildman–Crippen LogP) is 2.74. The zero-order chi connectivity index (χ0) is 13.8. The minimum atomic E-state index is -0.246. The Labute approximate surface area is 117 Å². The second kappa shape index (κ2) is 6.06. The van der Waals surface area contributed by atoms with Crippen LogP contribution in [0.4, 0.5) is 0 Å². The van der Waals surface area contributed by atoms with Crippen molar-refractivity contribution in [3.05, 3.63) is 29.6 Å². The number of aromatic nitrogens is 2. The first-order valence-corrected chi connectivity index (χ1v) is 6.95. The van der Waals surface area contributed by atoms with Gasteiger partial charge in [0.15, 0.2) is 0 Å². The number of fused-ring (bicyclic) bond motifs is 1. The lowest BCUT2D eigenvalue weighted by molar-refractivity contribution is -0.118. The van der Waals surface area contributed by atoms with E-state index in [2.05, 4.69) is 22.5 Å². The Morgan fingerprint density at radius 3 is 2.89 bits per heavy atom. The van der Waals surface area contributed by atoms with Gasteiger partial charge in [0.25, 0.3) is 0 Å². The highest BCUT2D eigenvalue weighted by Crippen LogP contribution is 2.20. The van der Waals surface area contributed by atoms with Crippen LogP contribution in [0.2, 0.25) is 0 Å². The fourth-order valence-electron chi connectivity index (χ4n) is 2.20. The standard InChI is InChI=1S/C14H18ClN3O/c1-10-5-6-11-12(8-10)18(14(9-15)17-11)7-3-2-4-13(16)19/h5-6,8H,2-4,7,9H2,1H3,(H2,16,19). The number of aryl methyl sites for hydroxylation is 2. The fourth-order valence-corrected chi connectivity index (χ4v) is 2.41. The van der Waals surface area contributed by atoms with Crippen molar-refractivity contribution in [1.29, 1.82) is 0 Å². The Kier molecular flexibility index (Phi) is 4.43. The van der Waals surface area contributed by atoms with Gasteiger partial charge in [0.2, 0.25) is 5.91 Å². The molecule has 2 rings (SSSR count). The summed E-state index contributed by atoms with van der Waals surface area (Å²) in [4.78, 5) is 15.2. The van der Waals surface area contributed by atoms with E-state index in [4.69, 9.17) is 17.3 Å². The Bertz CT molecular complexity index is 592. The molecule has 0 aliphatic carbocycles. The molecule has 0 saturated heterocycles. The molecule has 2 aromatic rings. The lowest BCUT2D eigenvalue weighted by Crippen LogP contribution is -2.10. The van der Waals surface area contributed by atoms with E-state index in [1.54, 1.807) is 0 Å². The third-order valence-corrected chi connectivity index (χ3v) is 3.40. The van der Waals surface area contributed by atoms with Gasteiger partial charge in [0.05, 0.1) is 16.9 Å². The summed E-state index contributed by atoms with van der Waals surface area (Å²) in [6.45, 7) is 2.87. The van der Waals surface area contributed by atoms with Crippen molar-refractivity contribution in [3.8, 4) is 0 Å². The summed E-state index contributed by atoms with van der Waals surface area (Å²) >= 11 is 5.95. The third-order valence-electron chi connectivity index (χ3n) is 3.16. The van der Waals surface area contributed by atoms with Crippen LogP contribution in [0, 0.1) is 6.92 Å². The number of hydrogen-bond donors (Lipinski definition) is 1. The van der Waals surface area contributed by atoms with E-state index in [1.165, 1.54) is 5.56 Å². The average Bonchev–Trinajstić information content (AvgIpc) is 2.72. The molecule has 0 bridgehead atoms. The minimum absolute atomic E-state index is 0.246. The highest BCUT2D eigenvalue weighted by atomic mass is 35.5. The molecular formula is C14H18ClN3O. The Morgan fingerprint density at radius 2 is 2.21 bits per heavy atom. The molecular weight excluding hydrogens is 262 g/mol. The number of unbranched alkanes of at least 4 members (excludes halogenated alkanes) is 1. The predicted molar refractivity (Wildman–Crippen MR) is 77.1 cm³/mol. The molecule has 1 heterocycles. The summed E-state index contributed by atoms with van der Waals surface area (Å²) in [5.41, 5.74) is 8.41. The van der Waals surface area contributed by atoms with E-state index >= 15 is 0 Å². The summed E-state index contributed by atoms with van der Waals surface area (Å²) in [6.07, 6.45) is 2.12. The number of primary amides is 1. The molecule has 0 aliphatic heterocycles. The maximum atomic E-state index is 10.7. The summed E-state index contributed by atoms with van der Waals surface area (Å²) in [5, 5.41) is 0. The van der Waals surface area contributed by atoms with Gasteiger partial charge in [-0.3, -0.25) is 4.79 Å². The van der Waals surface area contributed by atoms with Crippen LogP contribution in [0.25, 0.3) is 11.0 Å². The number of benzene rings is 1. The van der Waals surface area contributed by atoms with Gasteiger partial charge in [0, 0.05) is 13.0 Å². The molecule has 0 radical (unpaired) electrons. The number of halogens is 1. The molecule has 0 fully saturated rings. The van der Waals surface area contributed by atoms with E-state index in [9.17, 15) is 4.79 Å². The number of carbonyl (C=O) groups is 1. The van der Waals surface area contributed by atoms with E-state index in [-0.39, 0.29) is 5.91 Å². The summed E-state index contributed by atoms with van der Waals surface area (Å²) in [7, 11) is 0. The Balaban J connectivity index is 2.19. The molecule has 0 saturated carbocycles. The first-order valence-electron chi connectivity index (χ1n) is 6.42. The quantitative estimate of drug-likeness (QED) is 0.653. The fraction of sp³-hybridized carbons (Fsp3) is 0.429. The monoisotopic (exact) mass is 279 g/mol. The summed E-state index contributed by atoms with van der Waals surface area (Å²) in [6, 6.07) is 6.18. The van der Waals surface area contributed by atoms with Crippen LogP contribution in [0.15, 0.2) is 18.2 Å². The lowest BCUT2D eigenvalue weighted by Gasteiger charge is -2.07. The van der Waals surface area contributed by atoms with Crippen molar-refractivity contribution in [2.75, 3.05) is 0 Å². The highest BCUT2D eigenvalue weighted by molar-refractivity contribution is 6.16. The molecule has 0 spiro atoms. The molecule has 2 N–H and O–H groups in total. The molecule has 0 atom stereocenters. The van der Waals surface area contributed by atoms with Crippen LogP contribution in [0.5, 0.6) is 0 Å². The molecule has 4 nitrogen and oxygen atoms in total. The number of alkyl halides is 1. The smallest absolute Gasteiger partial charge is 0.217 e. The van der Waals surface area contributed by atoms with Crippen LogP contribution < -0.4 is 5.73 Å². The number of nitrogens with zero attached hydrogens (tertiary/aromatic N) is 2. The second-order valence-electron chi connectivity index (χ2n) is 4.73. The number of imidazole rings is 1. The second-order valence-corrected chi connectivity index (χ2v) is 5.00. The lowest BCUT2D eigenvalue weighted by atomic mass is 10.2. The van der Waals surface area contributed by atoms with Crippen LogP contribution in [-0.4, -0.2) is 15.5 Å². The van der Waals surface area contributed by atoms with Gasteiger partial charge in [-0.15, -0.1) is 11.6 Å². The maximum Gasteiger partial charge on any atom is 0.217 e.